The molecular weight excluding hydrogens is 328 g/mol. The number of carbonyl (C=O) groups is 1. The highest BCUT2D eigenvalue weighted by Crippen LogP contribution is 2.27. The van der Waals surface area contributed by atoms with Gasteiger partial charge >= 0.3 is 5.97 Å². The van der Waals surface area contributed by atoms with Crippen LogP contribution in [0.4, 0.5) is 0 Å². The second kappa shape index (κ2) is 4.71. The number of hydrogen-bond acceptors (Lipinski definition) is 4. The molecule has 0 aliphatic heterocycles. The number of nitrogens with zero attached hydrogens (tertiary/aromatic N) is 2. The van der Waals surface area contributed by atoms with Crippen molar-refractivity contribution in [2.24, 2.45) is 0 Å². The summed E-state index contributed by atoms with van der Waals surface area (Å²) in [7, 11) is 0. The summed E-state index contributed by atoms with van der Waals surface area (Å²) in [6, 6.07) is 6.93. The highest BCUT2D eigenvalue weighted by atomic mass is 79.9. The van der Waals surface area contributed by atoms with Crippen molar-refractivity contribution in [1.82, 2.24) is 9.97 Å². The molecule has 19 heavy (non-hydrogen) atoms. The lowest BCUT2D eigenvalue weighted by atomic mass is 10.1. The first-order chi connectivity index (χ1) is 9.15. The molecule has 0 saturated carbocycles. The van der Waals surface area contributed by atoms with Gasteiger partial charge in [0.1, 0.15) is 10.7 Å². The largest absolute Gasteiger partial charge is 0.478 e. The summed E-state index contributed by atoms with van der Waals surface area (Å²) in [6.45, 7) is 0. The zero-order valence-electron chi connectivity index (χ0n) is 9.50. The van der Waals surface area contributed by atoms with Crippen LogP contribution in [0.15, 0.2) is 40.3 Å². The molecule has 1 aromatic carbocycles. The first kappa shape index (κ1) is 12.3. The van der Waals surface area contributed by atoms with Crippen LogP contribution in [-0.2, 0) is 0 Å². The van der Waals surface area contributed by atoms with E-state index in [1.165, 1.54) is 11.3 Å². The fourth-order valence-electron chi connectivity index (χ4n) is 1.84. The lowest BCUT2D eigenvalue weighted by Crippen LogP contribution is -2.00. The molecule has 0 amide bonds. The van der Waals surface area contributed by atoms with E-state index in [4.69, 9.17) is 0 Å². The molecule has 0 atom stereocenters. The molecule has 2 heterocycles. The van der Waals surface area contributed by atoms with Crippen molar-refractivity contribution < 1.29 is 9.90 Å². The summed E-state index contributed by atoms with van der Waals surface area (Å²) in [5.41, 5.74) is 1.46. The third-order valence-electron chi connectivity index (χ3n) is 2.65. The maximum atomic E-state index is 11.4. The van der Waals surface area contributed by atoms with Crippen LogP contribution in [0.2, 0.25) is 0 Å². The number of carboxylic acid groups (broad SMARTS) is 1. The fraction of sp³-hybridized carbons (Fsp3) is 0. The van der Waals surface area contributed by atoms with Crippen LogP contribution in [-0.4, -0.2) is 21.0 Å². The van der Waals surface area contributed by atoms with Gasteiger partial charge in [0.05, 0.1) is 11.1 Å². The van der Waals surface area contributed by atoms with Crippen LogP contribution < -0.4 is 0 Å². The Hall–Kier alpha value is -1.79. The van der Waals surface area contributed by atoms with Gasteiger partial charge in [-0.3, -0.25) is 0 Å². The summed E-state index contributed by atoms with van der Waals surface area (Å²) in [6.07, 6.45) is 1.67. The van der Waals surface area contributed by atoms with Gasteiger partial charge in [0.25, 0.3) is 0 Å². The molecule has 3 rings (SSSR count). The molecule has 6 heteroatoms. The third kappa shape index (κ3) is 2.24. The Labute approximate surface area is 120 Å². The van der Waals surface area contributed by atoms with Crippen molar-refractivity contribution in [3.63, 3.8) is 0 Å². The lowest BCUT2D eigenvalue weighted by molar-refractivity contribution is 0.0699. The minimum atomic E-state index is -0.965. The monoisotopic (exact) mass is 334 g/mol. The molecule has 0 radical (unpaired) electrons. The number of benzene rings is 1. The predicted molar refractivity (Wildman–Crippen MR) is 77.5 cm³/mol. The molecule has 2 aromatic heterocycles. The molecule has 0 unspecified atom stereocenters. The number of fused-ring (bicyclic) bond motifs is 1. The van der Waals surface area contributed by atoms with Crippen molar-refractivity contribution in [2.75, 3.05) is 0 Å². The Balaban J connectivity index is 2.34. The maximum Gasteiger partial charge on any atom is 0.336 e. The molecular formula is C13H7BrN2O2S. The molecule has 4 nitrogen and oxygen atoms in total. The SMILES string of the molecule is O=C(O)c1cc(-c2nccs2)nc2cc(Br)ccc12. The van der Waals surface area contributed by atoms with E-state index in [0.717, 1.165) is 4.47 Å². The van der Waals surface area contributed by atoms with Crippen molar-refractivity contribution >= 4 is 44.1 Å². The van der Waals surface area contributed by atoms with Crippen LogP contribution in [0.5, 0.6) is 0 Å². The molecule has 0 fully saturated rings. The van der Waals surface area contributed by atoms with E-state index in [9.17, 15) is 9.90 Å². The Morgan fingerprint density at radius 1 is 1.32 bits per heavy atom. The van der Waals surface area contributed by atoms with Gasteiger partial charge in [0, 0.05) is 21.4 Å². The second-order valence-corrected chi connectivity index (χ2v) is 5.67. The van der Waals surface area contributed by atoms with Crippen LogP contribution in [0.1, 0.15) is 10.4 Å². The van der Waals surface area contributed by atoms with Gasteiger partial charge < -0.3 is 5.11 Å². The highest BCUT2D eigenvalue weighted by molar-refractivity contribution is 9.10. The van der Waals surface area contributed by atoms with Gasteiger partial charge in [-0.15, -0.1) is 11.3 Å². The zero-order valence-corrected chi connectivity index (χ0v) is 11.9. The molecule has 0 aliphatic rings. The summed E-state index contributed by atoms with van der Waals surface area (Å²) < 4.78 is 0.861. The third-order valence-corrected chi connectivity index (χ3v) is 3.94. The summed E-state index contributed by atoms with van der Waals surface area (Å²) >= 11 is 4.80. The number of pyridine rings is 1. The topological polar surface area (TPSA) is 63.1 Å². The zero-order chi connectivity index (χ0) is 13.4. The van der Waals surface area contributed by atoms with E-state index < -0.39 is 5.97 Å². The number of hydrogen-bond donors (Lipinski definition) is 1. The van der Waals surface area contributed by atoms with E-state index in [2.05, 4.69) is 25.9 Å². The number of thiazole rings is 1. The van der Waals surface area contributed by atoms with Gasteiger partial charge in [-0.1, -0.05) is 22.0 Å². The van der Waals surface area contributed by atoms with Crippen LogP contribution >= 0.6 is 27.3 Å². The standard InChI is InChI=1S/C13H7BrN2O2S/c14-7-1-2-8-9(13(17)18)6-11(16-10(8)5-7)12-15-3-4-19-12/h1-6H,(H,17,18). The number of halogens is 1. The van der Waals surface area contributed by atoms with E-state index in [1.807, 2.05) is 5.38 Å². The van der Waals surface area contributed by atoms with Gasteiger partial charge in [0.2, 0.25) is 0 Å². The van der Waals surface area contributed by atoms with Crippen molar-refractivity contribution in [1.29, 1.82) is 0 Å². The van der Waals surface area contributed by atoms with Crippen molar-refractivity contribution in [3.05, 3.63) is 45.9 Å². The molecule has 3 aromatic rings. The Morgan fingerprint density at radius 3 is 2.84 bits per heavy atom. The normalized spacial score (nSPS) is 10.8. The first-order valence-corrected chi connectivity index (χ1v) is 7.06. The number of aromatic carboxylic acids is 1. The minimum absolute atomic E-state index is 0.239. The fourth-order valence-corrected chi connectivity index (χ4v) is 2.78. The number of aromatic nitrogens is 2. The molecule has 1 N–H and O–H groups in total. The van der Waals surface area contributed by atoms with Gasteiger partial charge in [-0.25, -0.2) is 14.8 Å². The average Bonchev–Trinajstić information content (AvgIpc) is 2.90. The average molecular weight is 335 g/mol. The summed E-state index contributed by atoms with van der Waals surface area (Å²) in [4.78, 5) is 20.0. The van der Waals surface area contributed by atoms with Gasteiger partial charge in [-0.05, 0) is 18.2 Å². The van der Waals surface area contributed by atoms with Crippen LogP contribution in [0, 0.1) is 0 Å². The lowest BCUT2D eigenvalue weighted by Gasteiger charge is -2.05. The van der Waals surface area contributed by atoms with Crippen molar-refractivity contribution in [3.8, 4) is 10.7 Å². The van der Waals surface area contributed by atoms with Crippen LogP contribution in [0.25, 0.3) is 21.6 Å². The van der Waals surface area contributed by atoms with E-state index in [1.54, 1.807) is 30.5 Å². The van der Waals surface area contributed by atoms with Crippen LogP contribution in [0.3, 0.4) is 0 Å². The Kier molecular flexibility index (Phi) is 3.04. The molecule has 0 aliphatic carbocycles. The van der Waals surface area contributed by atoms with E-state index >= 15 is 0 Å². The quantitative estimate of drug-likeness (QED) is 0.773. The molecule has 0 bridgehead atoms. The van der Waals surface area contributed by atoms with Gasteiger partial charge in [0.15, 0.2) is 0 Å². The molecule has 0 saturated heterocycles. The van der Waals surface area contributed by atoms with E-state index in [-0.39, 0.29) is 5.56 Å². The predicted octanol–water partition coefficient (Wildman–Crippen LogP) is 3.82. The Morgan fingerprint density at radius 2 is 2.16 bits per heavy atom. The number of carboxylic acids is 1. The molecule has 0 spiro atoms. The van der Waals surface area contributed by atoms with E-state index in [0.29, 0.717) is 21.6 Å². The highest BCUT2D eigenvalue weighted by Gasteiger charge is 2.14. The molecule has 94 valence electrons. The second-order valence-electron chi connectivity index (χ2n) is 3.86. The minimum Gasteiger partial charge on any atom is -0.478 e. The first-order valence-electron chi connectivity index (χ1n) is 5.38. The smallest absolute Gasteiger partial charge is 0.336 e. The van der Waals surface area contributed by atoms with Gasteiger partial charge in [-0.2, -0.15) is 0 Å². The summed E-state index contributed by atoms with van der Waals surface area (Å²) in [5, 5.41) is 12.5. The number of rotatable bonds is 2. The maximum absolute atomic E-state index is 11.4. The van der Waals surface area contributed by atoms with Crippen molar-refractivity contribution in [2.45, 2.75) is 0 Å². The Bertz CT molecular complexity index is 772. The summed E-state index contributed by atoms with van der Waals surface area (Å²) in [5.74, 6) is -0.965.